The van der Waals surface area contributed by atoms with Crippen LogP contribution in [0.15, 0.2) is 54.6 Å². The second kappa shape index (κ2) is 4.81. The molecule has 3 nitrogen and oxygen atoms in total. The molecule has 1 aromatic heterocycles. The number of para-hydroxylation sites is 1. The monoisotopic (exact) mass is 267 g/mol. The highest BCUT2D eigenvalue weighted by molar-refractivity contribution is 5.64. The first-order valence-corrected chi connectivity index (χ1v) is 6.32. The zero-order chi connectivity index (χ0) is 14.1. The van der Waals surface area contributed by atoms with Gasteiger partial charge < -0.3 is 5.73 Å². The van der Waals surface area contributed by atoms with Gasteiger partial charge in [0.1, 0.15) is 11.6 Å². The van der Waals surface area contributed by atoms with Crippen molar-refractivity contribution >= 4 is 5.82 Å². The number of nitrogens with two attached hydrogens (primary N) is 1. The zero-order valence-electron chi connectivity index (χ0n) is 11.0. The molecule has 0 radical (unpaired) electrons. The van der Waals surface area contributed by atoms with E-state index in [1.807, 2.05) is 30.3 Å². The molecular formula is C16H14FN3. The molecule has 0 aliphatic heterocycles. The van der Waals surface area contributed by atoms with Crippen molar-refractivity contribution < 1.29 is 4.39 Å². The molecule has 0 bridgehead atoms. The number of nitrogens with zero attached hydrogens (tertiary/aromatic N) is 2. The molecular weight excluding hydrogens is 253 g/mol. The average molecular weight is 267 g/mol. The quantitative estimate of drug-likeness (QED) is 0.771. The molecule has 0 unspecified atom stereocenters. The van der Waals surface area contributed by atoms with E-state index in [1.54, 1.807) is 29.8 Å². The van der Waals surface area contributed by atoms with Gasteiger partial charge in [-0.25, -0.2) is 9.07 Å². The van der Waals surface area contributed by atoms with Crippen molar-refractivity contribution in [3.05, 3.63) is 66.0 Å². The molecule has 0 fully saturated rings. The summed E-state index contributed by atoms with van der Waals surface area (Å²) in [6, 6.07) is 16.4. The molecule has 2 aromatic carbocycles. The smallest absolute Gasteiger partial charge is 0.127 e. The first-order valence-electron chi connectivity index (χ1n) is 6.32. The summed E-state index contributed by atoms with van der Waals surface area (Å²) in [6.45, 7) is 1.73. The van der Waals surface area contributed by atoms with Crippen LogP contribution in [0.1, 0.15) is 5.56 Å². The predicted octanol–water partition coefficient (Wildman–Crippen LogP) is 3.57. The second-order valence-corrected chi connectivity index (χ2v) is 4.67. The largest absolute Gasteiger partial charge is 0.384 e. The maximum atomic E-state index is 13.3. The van der Waals surface area contributed by atoms with Crippen molar-refractivity contribution in [3.63, 3.8) is 0 Å². The van der Waals surface area contributed by atoms with Gasteiger partial charge in [0.2, 0.25) is 0 Å². The van der Waals surface area contributed by atoms with Crippen molar-refractivity contribution in [3.8, 4) is 16.9 Å². The number of aryl methyl sites for hydroxylation is 1. The van der Waals surface area contributed by atoms with Crippen LogP contribution < -0.4 is 5.73 Å². The van der Waals surface area contributed by atoms with Crippen LogP contribution in [-0.4, -0.2) is 9.78 Å². The molecule has 0 spiro atoms. The van der Waals surface area contributed by atoms with E-state index in [0.29, 0.717) is 11.4 Å². The number of hydrogen-bond donors (Lipinski definition) is 1. The average Bonchev–Trinajstić information content (AvgIpc) is 2.85. The Morgan fingerprint density at radius 2 is 1.80 bits per heavy atom. The van der Waals surface area contributed by atoms with E-state index in [2.05, 4.69) is 5.10 Å². The fraction of sp³-hybridized carbons (Fsp3) is 0.0625. The molecule has 3 rings (SSSR count). The van der Waals surface area contributed by atoms with Gasteiger partial charge in [-0.2, -0.15) is 5.10 Å². The van der Waals surface area contributed by atoms with E-state index in [-0.39, 0.29) is 5.82 Å². The number of benzene rings is 2. The third-order valence-corrected chi connectivity index (χ3v) is 3.19. The number of nitrogen functional groups attached to an aromatic ring is 1. The summed E-state index contributed by atoms with van der Waals surface area (Å²) in [5.41, 5.74) is 9.08. The highest BCUT2D eigenvalue weighted by atomic mass is 19.1. The SMILES string of the molecule is Cc1cc(-c2cc(N)n(-c3ccccc3)n2)ccc1F. The minimum Gasteiger partial charge on any atom is -0.384 e. The molecule has 0 saturated heterocycles. The molecule has 3 aromatic rings. The molecule has 2 N–H and O–H groups in total. The van der Waals surface area contributed by atoms with Crippen molar-refractivity contribution in [2.45, 2.75) is 6.92 Å². The van der Waals surface area contributed by atoms with E-state index < -0.39 is 0 Å². The molecule has 1 heterocycles. The van der Waals surface area contributed by atoms with Crippen LogP contribution in [0.3, 0.4) is 0 Å². The van der Waals surface area contributed by atoms with Gasteiger partial charge in [-0.3, -0.25) is 0 Å². The minimum absolute atomic E-state index is 0.218. The number of halogens is 1. The van der Waals surface area contributed by atoms with Gasteiger partial charge in [0.05, 0.1) is 11.4 Å². The minimum atomic E-state index is -0.218. The molecule has 0 amide bonds. The molecule has 4 heteroatoms. The van der Waals surface area contributed by atoms with E-state index in [9.17, 15) is 4.39 Å². The van der Waals surface area contributed by atoms with Crippen LogP contribution in [0.2, 0.25) is 0 Å². The highest BCUT2D eigenvalue weighted by Gasteiger charge is 2.09. The maximum absolute atomic E-state index is 13.3. The van der Waals surface area contributed by atoms with Crippen LogP contribution in [0.25, 0.3) is 16.9 Å². The Morgan fingerprint density at radius 1 is 1.05 bits per heavy atom. The van der Waals surface area contributed by atoms with E-state index in [1.165, 1.54) is 6.07 Å². The van der Waals surface area contributed by atoms with E-state index in [4.69, 9.17) is 5.73 Å². The summed E-state index contributed by atoms with van der Waals surface area (Å²) >= 11 is 0. The predicted molar refractivity (Wildman–Crippen MR) is 78.1 cm³/mol. The first-order chi connectivity index (χ1) is 9.65. The molecule has 0 saturated carbocycles. The zero-order valence-corrected chi connectivity index (χ0v) is 11.0. The molecule has 0 aliphatic rings. The number of aromatic nitrogens is 2. The van der Waals surface area contributed by atoms with Gasteiger partial charge in [0, 0.05) is 11.6 Å². The summed E-state index contributed by atoms with van der Waals surface area (Å²) in [5.74, 6) is 0.331. The fourth-order valence-electron chi connectivity index (χ4n) is 2.12. The van der Waals surface area contributed by atoms with Crippen molar-refractivity contribution in [1.82, 2.24) is 9.78 Å². The van der Waals surface area contributed by atoms with Gasteiger partial charge in [-0.05, 0) is 42.8 Å². The van der Waals surface area contributed by atoms with Crippen molar-refractivity contribution in [2.24, 2.45) is 0 Å². The third kappa shape index (κ3) is 2.16. The standard InChI is InChI=1S/C16H14FN3/c1-11-9-12(7-8-14(11)17)15-10-16(18)20(19-15)13-5-3-2-4-6-13/h2-10H,18H2,1H3. The van der Waals surface area contributed by atoms with Crippen LogP contribution in [0.4, 0.5) is 10.2 Å². The highest BCUT2D eigenvalue weighted by Crippen LogP contribution is 2.24. The molecule has 100 valence electrons. The van der Waals surface area contributed by atoms with Gasteiger partial charge in [-0.1, -0.05) is 18.2 Å². The Hall–Kier alpha value is -2.62. The summed E-state index contributed by atoms with van der Waals surface area (Å²) in [4.78, 5) is 0. The van der Waals surface area contributed by atoms with Gasteiger partial charge in [-0.15, -0.1) is 0 Å². The number of hydrogen-bond acceptors (Lipinski definition) is 2. The Kier molecular flexibility index (Phi) is 2.99. The molecule has 0 aliphatic carbocycles. The summed E-state index contributed by atoms with van der Waals surface area (Å²) in [7, 11) is 0. The van der Waals surface area contributed by atoms with E-state index in [0.717, 1.165) is 16.9 Å². The maximum Gasteiger partial charge on any atom is 0.127 e. The molecule has 20 heavy (non-hydrogen) atoms. The lowest BCUT2D eigenvalue weighted by Gasteiger charge is -2.03. The second-order valence-electron chi connectivity index (χ2n) is 4.67. The fourth-order valence-corrected chi connectivity index (χ4v) is 2.12. The first kappa shape index (κ1) is 12.4. The lowest BCUT2D eigenvalue weighted by Crippen LogP contribution is -2.01. The number of rotatable bonds is 2. The summed E-state index contributed by atoms with van der Waals surface area (Å²) < 4.78 is 15.0. The van der Waals surface area contributed by atoms with Crippen molar-refractivity contribution in [1.29, 1.82) is 0 Å². The van der Waals surface area contributed by atoms with Gasteiger partial charge in [0.15, 0.2) is 0 Å². The van der Waals surface area contributed by atoms with Crippen LogP contribution >= 0.6 is 0 Å². The Labute approximate surface area is 116 Å². The molecule has 0 atom stereocenters. The normalized spacial score (nSPS) is 10.7. The Bertz CT molecular complexity index is 748. The number of anilines is 1. The topological polar surface area (TPSA) is 43.8 Å². The lowest BCUT2D eigenvalue weighted by molar-refractivity contribution is 0.618. The Balaban J connectivity index is 2.06. The Morgan fingerprint density at radius 3 is 2.50 bits per heavy atom. The van der Waals surface area contributed by atoms with Crippen LogP contribution in [0, 0.1) is 12.7 Å². The third-order valence-electron chi connectivity index (χ3n) is 3.19. The van der Waals surface area contributed by atoms with Crippen LogP contribution in [-0.2, 0) is 0 Å². The summed E-state index contributed by atoms with van der Waals surface area (Å²) in [6.07, 6.45) is 0. The van der Waals surface area contributed by atoms with Crippen LogP contribution in [0.5, 0.6) is 0 Å². The van der Waals surface area contributed by atoms with Crippen molar-refractivity contribution in [2.75, 3.05) is 5.73 Å². The summed E-state index contributed by atoms with van der Waals surface area (Å²) in [5, 5.41) is 4.49. The lowest BCUT2D eigenvalue weighted by atomic mass is 10.1. The van der Waals surface area contributed by atoms with Gasteiger partial charge >= 0.3 is 0 Å². The van der Waals surface area contributed by atoms with Gasteiger partial charge in [0.25, 0.3) is 0 Å². The van der Waals surface area contributed by atoms with E-state index >= 15 is 0 Å².